The van der Waals surface area contributed by atoms with Crippen LogP contribution in [0.3, 0.4) is 0 Å². The van der Waals surface area contributed by atoms with E-state index in [9.17, 15) is 9.59 Å². The second-order valence-electron chi connectivity index (χ2n) is 5.65. The monoisotopic (exact) mass is 340 g/mol. The first-order valence-corrected chi connectivity index (χ1v) is 8.36. The molecule has 2 rings (SSSR count). The predicted octanol–water partition coefficient (Wildman–Crippen LogP) is 2.21. The van der Waals surface area contributed by atoms with Crippen molar-refractivity contribution in [3.63, 3.8) is 0 Å². The molecule has 0 aliphatic heterocycles. The van der Waals surface area contributed by atoms with E-state index < -0.39 is 0 Å². The van der Waals surface area contributed by atoms with Crippen LogP contribution >= 0.6 is 0 Å². The molecular formula is C19H24N4O2. The van der Waals surface area contributed by atoms with Gasteiger partial charge in [-0.25, -0.2) is 4.68 Å². The van der Waals surface area contributed by atoms with Crippen LogP contribution in [-0.4, -0.2) is 58.1 Å². The topological polar surface area (TPSA) is 58.4 Å². The summed E-state index contributed by atoms with van der Waals surface area (Å²) in [7, 11) is 1.63. The fourth-order valence-corrected chi connectivity index (χ4v) is 2.40. The molecule has 132 valence electrons. The average Bonchev–Trinajstić information content (AvgIpc) is 3.10. The van der Waals surface area contributed by atoms with Gasteiger partial charge in [0.15, 0.2) is 0 Å². The molecule has 0 unspecified atom stereocenters. The van der Waals surface area contributed by atoms with Gasteiger partial charge in [0.2, 0.25) is 11.8 Å². The van der Waals surface area contributed by atoms with Crippen molar-refractivity contribution in [1.29, 1.82) is 0 Å². The van der Waals surface area contributed by atoms with E-state index in [4.69, 9.17) is 0 Å². The van der Waals surface area contributed by atoms with Gasteiger partial charge in [0.25, 0.3) is 0 Å². The molecule has 2 amide bonds. The minimum Gasteiger partial charge on any atom is -0.342 e. The quantitative estimate of drug-likeness (QED) is 0.726. The van der Waals surface area contributed by atoms with Crippen LogP contribution in [0.4, 0.5) is 0 Å². The molecule has 0 N–H and O–H groups in total. The number of benzene rings is 1. The van der Waals surface area contributed by atoms with Crippen LogP contribution < -0.4 is 0 Å². The molecule has 0 saturated carbocycles. The van der Waals surface area contributed by atoms with E-state index in [-0.39, 0.29) is 18.4 Å². The molecule has 25 heavy (non-hydrogen) atoms. The standard InChI is InChI=1S/C19H24N4O2/c1-4-22(5-2)19(25)15-21(3)18(24)12-11-16-13-20-23(14-16)17-9-7-6-8-10-17/h6-14H,4-5,15H2,1-3H3. The Morgan fingerprint density at radius 3 is 2.48 bits per heavy atom. The van der Waals surface area contributed by atoms with Gasteiger partial charge in [-0.2, -0.15) is 5.10 Å². The second kappa shape index (κ2) is 8.82. The maximum absolute atomic E-state index is 12.2. The highest BCUT2D eigenvalue weighted by Gasteiger charge is 2.14. The lowest BCUT2D eigenvalue weighted by atomic mass is 10.3. The van der Waals surface area contributed by atoms with Crippen molar-refractivity contribution in [2.45, 2.75) is 13.8 Å². The molecule has 2 aromatic rings. The van der Waals surface area contributed by atoms with E-state index in [1.54, 1.807) is 28.9 Å². The fraction of sp³-hybridized carbons (Fsp3) is 0.316. The SMILES string of the molecule is CCN(CC)C(=O)CN(C)C(=O)C=Cc1cnn(-c2ccccc2)c1. The maximum Gasteiger partial charge on any atom is 0.246 e. The average molecular weight is 340 g/mol. The zero-order valence-corrected chi connectivity index (χ0v) is 14.9. The molecule has 1 aromatic carbocycles. The molecule has 1 aromatic heterocycles. The van der Waals surface area contributed by atoms with Gasteiger partial charge in [0, 0.05) is 38.0 Å². The smallest absolute Gasteiger partial charge is 0.246 e. The number of aromatic nitrogens is 2. The van der Waals surface area contributed by atoms with Crippen molar-refractivity contribution in [2.24, 2.45) is 0 Å². The summed E-state index contributed by atoms with van der Waals surface area (Å²) < 4.78 is 1.75. The van der Waals surface area contributed by atoms with Crippen LogP contribution in [0.5, 0.6) is 0 Å². The number of hydrogen-bond donors (Lipinski definition) is 0. The Balaban J connectivity index is 1.96. The van der Waals surface area contributed by atoms with Gasteiger partial charge in [-0.15, -0.1) is 0 Å². The number of carbonyl (C=O) groups is 2. The number of para-hydroxylation sites is 1. The first kappa shape index (κ1) is 18.4. The van der Waals surface area contributed by atoms with Gasteiger partial charge in [-0.3, -0.25) is 9.59 Å². The highest BCUT2D eigenvalue weighted by molar-refractivity contribution is 5.94. The van der Waals surface area contributed by atoms with Crippen LogP contribution in [-0.2, 0) is 9.59 Å². The minimum absolute atomic E-state index is 0.0499. The third kappa shape index (κ3) is 5.04. The number of likely N-dealkylation sites (N-methyl/N-ethyl adjacent to an activating group) is 2. The van der Waals surface area contributed by atoms with E-state index in [0.717, 1.165) is 11.3 Å². The van der Waals surface area contributed by atoms with Gasteiger partial charge in [0.1, 0.15) is 0 Å². The summed E-state index contributed by atoms with van der Waals surface area (Å²) in [5, 5.41) is 4.28. The summed E-state index contributed by atoms with van der Waals surface area (Å²) in [6.45, 7) is 5.22. The molecule has 6 nitrogen and oxygen atoms in total. The Bertz CT molecular complexity index is 733. The van der Waals surface area contributed by atoms with Gasteiger partial charge in [-0.1, -0.05) is 18.2 Å². The first-order chi connectivity index (χ1) is 12.0. The number of carbonyl (C=O) groups excluding carboxylic acids is 2. The largest absolute Gasteiger partial charge is 0.342 e. The Morgan fingerprint density at radius 2 is 1.84 bits per heavy atom. The van der Waals surface area contributed by atoms with Gasteiger partial charge in [-0.05, 0) is 32.1 Å². The highest BCUT2D eigenvalue weighted by atomic mass is 16.2. The summed E-state index contributed by atoms with van der Waals surface area (Å²) in [6, 6.07) is 9.74. The Kier molecular flexibility index (Phi) is 6.51. The number of rotatable bonds is 7. The molecule has 0 atom stereocenters. The highest BCUT2D eigenvalue weighted by Crippen LogP contribution is 2.09. The normalized spacial score (nSPS) is 10.8. The summed E-state index contributed by atoms with van der Waals surface area (Å²) in [5.74, 6) is -0.265. The molecule has 0 fully saturated rings. The molecule has 0 radical (unpaired) electrons. The van der Waals surface area contributed by atoms with Crippen molar-refractivity contribution in [3.05, 3.63) is 54.4 Å². The van der Waals surface area contributed by atoms with E-state index >= 15 is 0 Å². The first-order valence-electron chi connectivity index (χ1n) is 8.36. The van der Waals surface area contributed by atoms with Crippen molar-refractivity contribution in [3.8, 4) is 5.69 Å². The van der Waals surface area contributed by atoms with Crippen LogP contribution in [0.25, 0.3) is 11.8 Å². The molecule has 1 heterocycles. The zero-order chi connectivity index (χ0) is 18.2. The van der Waals surface area contributed by atoms with Gasteiger partial charge < -0.3 is 9.80 Å². The summed E-state index contributed by atoms with van der Waals surface area (Å²) in [5.41, 5.74) is 1.77. The molecule has 0 aliphatic carbocycles. The lowest BCUT2D eigenvalue weighted by molar-refractivity contribution is -0.136. The van der Waals surface area contributed by atoms with Crippen LogP contribution in [0.1, 0.15) is 19.4 Å². The summed E-state index contributed by atoms with van der Waals surface area (Å²) in [6.07, 6.45) is 6.70. The minimum atomic E-state index is -0.215. The van der Waals surface area contributed by atoms with Crippen molar-refractivity contribution >= 4 is 17.9 Å². The molecule has 0 aliphatic rings. The van der Waals surface area contributed by atoms with Gasteiger partial charge >= 0.3 is 0 Å². The van der Waals surface area contributed by atoms with Crippen molar-refractivity contribution < 1.29 is 9.59 Å². The maximum atomic E-state index is 12.2. The van der Waals surface area contributed by atoms with Gasteiger partial charge in [0.05, 0.1) is 18.4 Å². The van der Waals surface area contributed by atoms with Crippen LogP contribution in [0.2, 0.25) is 0 Å². The Morgan fingerprint density at radius 1 is 1.16 bits per heavy atom. The third-order valence-electron chi connectivity index (χ3n) is 3.91. The predicted molar refractivity (Wildman–Crippen MR) is 98.2 cm³/mol. The number of hydrogen-bond acceptors (Lipinski definition) is 3. The summed E-state index contributed by atoms with van der Waals surface area (Å²) >= 11 is 0. The Hall–Kier alpha value is -2.89. The van der Waals surface area contributed by atoms with E-state index in [1.807, 2.05) is 50.4 Å². The lowest BCUT2D eigenvalue weighted by Gasteiger charge is -2.22. The molecule has 0 spiro atoms. The second-order valence-corrected chi connectivity index (χ2v) is 5.65. The molecular weight excluding hydrogens is 316 g/mol. The van der Waals surface area contributed by atoms with Crippen LogP contribution in [0.15, 0.2) is 48.8 Å². The van der Waals surface area contributed by atoms with Crippen molar-refractivity contribution in [1.82, 2.24) is 19.6 Å². The Labute approximate surface area is 148 Å². The van der Waals surface area contributed by atoms with Crippen LogP contribution in [0, 0.1) is 0 Å². The van der Waals surface area contributed by atoms with E-state index in [0.29, 0.717) is 13.1 Å². The number of amides is 2. The molecule has 6 heteroatoms. The summed E-state index contributed by atoms with van der Waals surface area (Å²) in [4.78, 5) is 27.3. The van der Waals surface area contributed by atoms with E-state index in [2.05, 4.69) is 5.10 Å². The molecule has 0 saturated heterocycles. The fourth-order valence-electron chi connectivity index (χ4n) is 2.40. The zero-order valence-electron chi connectivity index (χ0n) is 14.9. The number of nitrogens with zero attached hydrogens (tertiary/aromatic N) is 4. The van der Waals surface area contributed by atoms with Crippen molar-refractivity contribution in [2.75, 3.05) is 26.7 Å². The molecule has 0 bridgehead atoms. The third-order valence-corrected chi connectivity index (χ3v) is 3.91. The van der Waals surface area contributed by atoms with E-state index in [1.165, 1.54) is 11.0 Å². The lowest BCUT2D eigenvalue weighted by Crippen LogP contribution is -2.40.